The molecule has 0 spiro atoms. The SMILES string of the molecule is CCc1c(CC(C)C)c(O)nn1CC(C)C. The van der Waals surface area contributed by atoms with E-state index in [1.54, 1.807) is 0 Å². The molecule has 0 aliphatic heterocycles. The zero-order valence-electron chi connectivity index (χ0n) is 11.1. The van der Waals surface area contributed by atoms with Gasteiger partial charge in [-0.1, -0.05) is 34.6 Å². The molecule has 1 aromatic rings. The first-order valence-corrected chi connectivity index (χ1v) is 6.23. The van der Waals surface area contributed by atoms with Crippen molar-refractivity contribution in [3.63, 3.8) is 0 Å². The maximum absolute atomic E-state index is 9.87. The summed E-state index contributed by atoms with van der Waals surface area (Å²) in [4.78, 5) is 0. The number of hydrogen-bond donors (Lipinski definition) is 1. The Morgan fingerprint density at radius 1 is 1.19 bits per heavy atom. The third-order valence-corrected chi connectivity index (χ3v) is 2.63. The molecule has 0 aliphatic carbocycles. The average molecular weight is 224 g/mol. The Kier molecular flexibility index (Phi) is 4.39. The van der Waals surface area contributed by atoms with Crippen molar-refractivity contribution in [2.75, 3.05) is 0 Å². The van der Waals surface area contributed by atoms with Gasteiger partial charge in [0, 0.05) is 17.8 Å². The molecular weight excluding hydrogens is 200 g/mol. The molecular formula is C13H24N2O. The molecule has 1 N–H and O–H groups in total. The van der Waals surface area contributed by atoms with Crippen molar-refractivity contribution < 1.29 is 5.11 Å². The minimum absolute atomic E-state index is 0.228. The first-order chi connectivity index (χ1) is 7.45. The molecule has 1 aromatic heterocycles. The largest absolute Gasteiger partial charge is 0.492 e. The second-order valence-electron chi connectivity index (χ2n) is 5.28. The van der Waals surface area contributed by atoms with Crippen LogP contribution in [0.4, 0.5) is 0 Å². The predicted molar refractivity (Wildman–Crippen MR) is 66.6 cm³/mol. The van der Waals surface area contributed by atoms with Crippen molar-refractivity contribution in [2.45, 2.75) is 54.0 Å². The maximum Gasteiger partial charge on any atom is 0.233 e. The lowest BCUT2D eigenvalue weighted by atomic mass is 10.0. The zero-order valence-corrected chi connectivity index (χ0v) is 11.1. The summed E-state index contributed by atoms with van der Waals surface area (Å²) in [6.07, 6.45) is 1.84. The van der Waals surface area contributed by atoms with Crippen molar-refractivity contribution in [3.05, 3.63) is 11.3 Å². The minimum atomic E-state index is 0.228. The molecule has 92 valence electrons. The van der Waals surface area contributed by atoms with Gasteiger partial charge in [0.1, 0.15) is 0 Å². The fourth-order valence-electron chi connectivity index (χ4n) is 2.03. The van der Waals surface area contributed by atoms with E-state index in [1.807, 2.05) is 4.68 Å². The highest BCUT2D eigenvalue weighted by molar-refractivity contribution is 5.31. The molecule has 0 saturated heterocycles. The van der Waals surface area contributed by atoms with Crippen molar-refractivity contribution in [2.24, 2.45) is 11.8 Å². The van der Waals surface area contributed by atoms with Crippen molar-refractivity contribution >= 4 is 0 Å². The molecule has 0 aliphatic rings. The summed E-state index contributed by atoms with van der Waals surface area (Å²) in [6.45, 7) is 11.7. The van der Waals surface area contributed by atoms with Crippen LogP contribution in [0.25, 0.3) is 0 Å². The van der Waals surface area contributed by atoms with Crippen LogP contribution in [0.2, 0.25) is 0 Å². The number of aromatic nitrogens is 2. The number of hydrogen-bond acceptors (Lipinski definition) is 2. The van der Waals surface area contributed by atoms with E-state index in [0.29, 0.717) is 11.8 Å². The summed E-state index contributed by atoms with van der Waals surface area (Å²) >= 11 is 0. The molecule has 16 heavy (non-hydrogen) atoms. The van der Waals surface area contributed by atoms with Crippen LogP contribution in [-0.2, 0) is 19.4 Å². The first-order valence-electron chi connectivity index (χ1n) is 6.23. The van der Waals surface area contributed by atoms with Gasteiger partial charge in [-0.25, -0.2) is 0 Å². The van der Waals surface area contributed by atoms with E-state index in [4.69, 9.17) is 0 Å². The van der Waals surface area contributed by atoms with E-state index in [1.165, 1.54) is 5.69 Å². The highest BCUT2D eigenvalue weighted by Gasteiger charge is 2.17. The molecule has 1 rings (SSSR count). The lowest BCUT2D eigenvalue weighted by Gasteiger charge is -2.10. The van der Waals surface area contributed by atoms with E-state index in [0.717, 1.165) is 24.9 Å². The highest BCUT2D eigenvalue weighted by atomic mass is 16.3. The summed E-state index contributed by atoms with van der Waals surface area (Å²) in [5.74, 6) is 1.33. The van der Waals surface area contributed by atoms with Crippen molar-refractivity contribution in [3.8, 4) is 5.88 Å². The van der Waals surface area contributed by atoms with Gasteiger partial charge >= 0.3 is 0 Å². The van der Waals surface area contributed by atoms with Gasteiger partial charge in [-0.05, 0) is 24.7 Å². The normalized spacial score (nSPS) is 11.7. The Hall–Kier alpha value is -0.990. The van der Waals surface area contributed by atoms with Gasteiger partial charge in [-0.15, -0.1) is 5.10 Å². The van der Waals surface area contributed by atoms with Crippen LogP contribution in [0, 0.1) is 11.8 Å². The Bertz CT molecular complexity index is 340. The molecule has 0 unspecified atom stereocenters. The van der Waals surface area contributed by atoms with E-state index < -0.39 is 0 Å². The quantitative estimate of drug-likeness (QED) is 0.835. The van der Waals surface area contributed by atoms with Crippen molar-refractivity contribution in [1.82, 2.24) is 9.78 Å². The number of aromatic hydroxyl groups is 1. The molecule has 0 bridgehead atoms. The van der Waals surface area contributed by atoms with Crippen LogP contribution < -0.4 is 0 Å². The van der Waals surface area contributed by atoms with Crippen LogP contribution in [0.3, 0.4) is 0 Å². The molecule has 0 fully saturated rings. The lowest BCUT2D eigenvalue weighted by molar-refractivity contribution is 0.413. The summed E-state index contributed by atoms with van der Waals surface area (Å²) in [5.41, 5.74) is 2.23. The molecule has 0 saturated carbocycles. The summed E-state index contributed by atoms with van der Waals surface area (Å²) in [5, 5.41) is 14.1. The summed E-state index contributed by atoms with van der Waals surface area (Å²) in [6, 6.07) is 0. The Morgan fingerprint density at radius 3 is 2.25 bits per heavy atom. The van der Waals surface area contributed by atoms with Gasteiger partial charge in [-0.3, -0.25) is 4.68 Å². The third kappa shape index (κ3) is 3.00. The van der Waals surface area contributed by atoms with Crippen LogP contribution in [0.15, 0.2) is 0 Å². The fraction of sp³-hybridized carbons (Fsp3) is 0.769. The Labute approximate surface area is 98.5 Å². The van der Waals surface area contributed by atoms with Gasteiger partial charge in [0.2, 0.25) is 5.88 Å². The second-order valence-corrected chi connectivity index (χ2v) is 5.28. The molecule has 3 heteroatoms. The summed E-state index contributed by atoms with van der Waals surface area (Å²) in [7, 11) is 0. The predicted octanol–water partition coefficient (Wildman–Crippen LogP) is 3.01. The first kappa shape index (κ1) is 13.1. The van der Waals surface area contributed by atoms with Crippen LogP contribution in [0.5, 0.6) is 5.88 Å². The van der Waals surface area contributed by atoms with Crippen LogP contribution >= 0.6 is 0 Å². The highest BCUT2D eigenvalue weighted by Crippen LogP contribution is 2.24. The van der Waals surface area contributed by atoms with E-state index >= 15 is 0 Å². The Morgan fingerprint density at radius 2 is 1.81 bits per heavy atom. The lowest BCUT2D eigenvalue weighted by Crippen LogP contribution is -2.10. The third-order valence-electron chi connectivity index (χ3n) is 2.63. The van der Waals surface area contributed by atoms with E-state index in [2.05, 4.69) is 39.7 Å². The smallest absolute Gasteiger partial charge is 0.233 e. The molecule has 1 heterocycles. The minimum Gasteiger partial charge on any atom is -0.492 e. The van der Waals surface area contributed by atoms with Gasteiger partial charge in [0.25, 0.3) is 0 Å². The molecule has 0 atom stereocenters. The van der Waals surface area contributed by atoms with Crippen molar-refractivity contribution in [1.29, 1.82) is 0 Å². The van der Waals surface area contributed by atoms with Gasteiger partial charge in [-0.2, -0.15) is 0 Å². The molecule has 0 radical (unpaired) electrons. The second kappa shape index (κ2) is 5.37. The van der Waals surface area contributed by atoms with Gasteiger partial charge in [0.05, 0.1) is 0 Å². The average Bonchev–Trinajstić information content (AvgIpc) is 2.41. The molecule has 0 aromatic carbocycles. The maximum atomic E-state index is 9.87. The van der Waals surface area contributed by atoms with Gasteiger partial charge < -0.3 is 5.11 Å². The zero-order chi connectivity index (χ0) is 12.3. The van der Waals surface area contributed by atoms with Crippen LogP contribution in [0.1, 0.15) is 45.9 Å². The number of nitrogens with zero attached hydrogens (tertiary/aromatic N) is 2. The van der Waals surface area contributed by atoms with E-state index in [9.17, 15) is 5.11 Å². The fourth-order valence-corrected chi connectivity index (χ4v) is 2.03. The monoisotopic (exact) mass is 224 g/mol. The Balaban J connectivity index is 3.02. The standard InChI is InChI=1S/C13H24N2O/c1-6-12-11(7-9(2)3)13(16)14-15(12)8-10(4)5/h9-10H,6-8H2,1-5H3,(H,14,16). The molecule has 0 amide bonds. The van der Waals surface area contributed by atoms with Crippen LogP contribution in [-0.4, -0.2) is 14.9 Å². The number of rotatable bonds is 5. The molecule has 3 nitrogen and oxygen atoms in total. The van der Waals surface area contributed by atoms with E-state index in [-0.39, 0.29) is 5.88 Å². The van der Waals surface area contributed by atoms with Gasteiger partial charge in [0.15, 0.2) is 0 Å². The topological polar surface area (TPSA) is 38.1 Å². The summed E-state index contributed by atoms with van der Waals surface area (Å²) < 4.78 is 1.97.